The van der Waals surface area contributed by atoms with Crippen molar-refractivity contribution in [1.82, 2.24) is 0 Å². The summed E-state index contributed by atoms with van der Waals surface area (Å²) < 4.78 is 33.0. The first-order valence-corrected chi connectivity index (χ1v) is 11.5. The average molecular weight is 429 g/mol. The molecule has 0 atom stereocenters. The van der Waals surface area contributed by atoms with Crippen LogP contribution in [0.4, 0.5) is 8.78 Å². The summed E-state index contributed by atoms with van der Waals surface area (Å²) in [6.45, 7) is 5.58. The van der Waals surface area contributed by atoms with Gasteiger partial charge < -0.3 is 4.74 Å². The summed E-state index contributed by atoms with van der Waals surface area (Å²) in [5.74, 6) is -4.35. The third-order valence-electron chi connectivity index (χ3n) is 5.50. The molecule has 0 radical (unpaired) electrons. The quantitative estimate of drug-likeness (QED) is 0.208. The second kappa shape index (κ2) is 13.7. The highest BCUT2D eigenvalue weighted by molar-refractivity contribution is 5.98. The van der Waals surface area contributed by atoms with E-state index in [-0.39, 0.29) is 37.1 Å². The van der Waals surface area contributed by atoms with Gasteiger partial charge in [0.05, 0.1) is 6.10 Å². The Labute approximate surface area is 179 Å². The predicted octanol–water partition coefficient (Wildman–Crippen LogP) is 6.50. The molecule has 0 bridgehead atoms. The number of hydrogen-bond donors (Lipinski definition) is 0. The molecule has 0 aromatic carbocycles. The zero-order valence-corrected chi connectivity index (χ0v) is 18.9. The fourth-order valence-electron chi connectivity index (χ4n) is 3.79. The number of allylic oxidation sites excluding steroid dienone is 2. The number of ketones is 2. The van der Waals surface area contributed by atoms with Crippen LogP contribution in [0.1, 0.15) is 111 Å². The lowest BCUT2D eigenvalue weighted by atomic mass is 9.96. The number of hydrogen-bond acceptors (Lipinski definition) is 4. The zero-order valence-electron chi connectivity index (χ0n) is 18.9. The summed E-state index contributed by atoms with van der Waals surface area (Å²) >= 11 is 0. The highest BCUT2D eigenvalue weighted by atomic mass is 19.3. The number of halogens is 2. The molecule has 0 unspecified atom stereocenters. The summed E-state index contributed by atoms with van der Waals surface area (Å²) in [7, 11) is 0. The minimum Gasteiger partial charge on any atom is -0.463 e. The summed E-state index contributed by atoms with van der Waals surface area (Å²) in [5, 5.41) is 0. The van der Waals surface area contributed by atoms with Gasteiger partial charge in [0, 0.05) is 25.7 Å². The van der Waals surface area contributed by atoms with Crippen LogP contribution in [0.15, 0.2) is 11.1 Å². The highest BCUT2D eigenvalue weighted by Crippen LogP contribution is 2.32. The first-order chi connectivity index (χ1) is 14.2. The number of unbranched alkanes of at least 4 members (excludes halogenated alkanes) is 5. The van der Waals surface area contributed by atoms with E-state index in [1.165, 1.54) is 0 Å². The molecule has 0 spiro atoms. The van der Waals surface area contributed by atoms with Crippen molar-refractivity contribution in [1.29, 1.82) is 0 Å². The minimum absolute atomic E-state index is 0.0904. The van der Waals surface area contributed by atoms with Gasteiger partial charge in [0.15, 0.2) is 5.78 Å². The van der Waals surface area contributed by atoms with Crippen LogP contribution in [0.25, 0.3) is 0 Å². The Bertz CT molecular complexity index is 608. The van der Waals surface area contributed by atoms with Gasteiger partial charge in [0.2, 0.25) is 5.78 Å². The second-order valence-electron chi connectivity index (χ2n) is 8.54. The van der Waals surface area contributed by atoms with Gasteiger partial charge in [-0.1, -0.05) is 38.2 Å². The lowest BCUT2D eigenvalue weighted by Gasteiger charge is -2.15. The monoisotopic (exact) mass is 428 g/mol. The maximum atomic E-state index is 14.0. The number of Topliss-reactive ketones (excluding diaryl/α,β-unsaturated/α-hetero) is 2. The highest BCUT2D eigenvalue weighted by Gasteiger charge is 2.37. The van der Waals surface area contributed by atoms with E-state index < -0.39 is 11.7 Å². The topological polar surface area (TPSA) is 60.4 Å². The molecule has 1 rings (SSSR count). The van der Waals surface area contributed by atoms with E-state index >= 15 is 0 Å². The van der Waals surface area contributed by atoms with E-state index in [1.54, 1.807) is 0 Å². The van der Waals surface area contributed by atoms with Crippen molar-refractivity contribution in [2.45, 2.75) is 123 Å². The fourth-order valence-corrected chi connectivity index (χ4v) is 3.79. The molecule has 0 amide bonds. The standard InChI is InChI=1S/C24H38F2O4/c1-4-5-10-17-24(25,26)22(28)16-14-19-13-15-21(27)20(19)11-8-6-7-9-12-23(29)30-18(2)3/h18H,4-17H2,1-3H3. The minimum atomic E-state index is -3.25. The van der Waals surface area contributed by atoms with Crippen molar-refractivity contribution >= 4 is 17.5 Å². The van der Waals surface area contributed by atoms with Crippen LogP contribution in [0.3, 0.4) is 0 Å². The van der Waals surface area contributed by atoms with Crippen molar-refractivity contribution in [3.63, 3.8) is 0 Å². The maximum absolute atomic E-state index is 14.0. The summed E-state index contributed by atoms with van der Waals surface area (Å²) in [6, 6.07) is 0. The van der Waals surface area contributed by atoms with Gasteiger partial charge in [-0.05, 0) is 57.9 Å². The van der Waals surface area contributed by atoms with Crippen molar-refractivity contribution in [2.24, 2.45) is 0 Å². The molecule has 30 heavy (non-hydrogen) atoms. The van der Waals surface area contributed by atoms with E-state index in [4.69, 9.17) is 4.74 Å². The molecule has 0 fully saturated rings. The maximum Gasteiger partial charge on any atom is 0.306 e. The van der Waals surface area contributed by atoms with E-state index in [0.29, 0.717) is 38.5 Å². The Morgan fingerprint density at radius 2 is 1.67 bits per heavy atom. The van der Waals surface area contributed by atoms with Crippen molar-refractivity contribution in [3.05, 3.63) is 11.1 Å². The third kappa shape index (κ3) is 9.94. The lowest BCUT2D eigenvalue weighted by molar-refractivity contribution is -0.147. The number of carbonyl (C=O) groups is 3. The molecule has 0 aromatic rings. The van der Waals surface area contributed by atoms with Gasteiger partial charge in [-0.15, -0.1) is 0 Å². The van der Waals surface area contributed by atoms with Crippen LogP contribution >= 0.6 is 0 Å². The zero-order chi connectivity index (χ0) is 22.6. The van der Waals surface area contributed by atoms with Crippen LogP contribution in [-0.2, 0) is 19.1 Å². The molecule has 4 nitrogen and oxygen atoms in total. The van der Waals surface area contributed by atoms with Crippen LogP contribution in [0.5, 0.6) is 0 Å². The van der Waals surface area contributed by atoms with Crippen molar-refractivity contribution in [3.8, 4) is 0 Å². The molecule has 0 N–H and O–H groups in total. The predicted molar refractivity (Wildman–Crippen MR) is 114 cm³/mol. The molecule has 0 aliphatic heterocycles. The smallest absolute Gasteiger partial charge is 0.306 e. The average Bonchev–Trinajstić information content (AvgIpc) is 3.01. The number of alkyl halides is 2. The molecule has 172 valence electrons. The molecular weight excluding hydrogens is 390 g/mol. The number of rotatable bonds is 16. The number of ether oxygens (including phenoxy) is 1. The summed E-state index contributed by atoms with van der Waals surface area (Å²) in [6.07, 6.45) is 6.90. The third-order valence-corrected chi connectivity index (χ3v) is 5.50. The SMILES string of the molecule is CCCCCC(F)(F)C(=O)CCC1=C(CCCCCCC(=O)OC(C)C)C(=O)CC1. The number of carbonyl (C=O) groups excluding carboxylic acids is 3. The molecule has 0 heterocycles. The fraction of sp³-hybridized carbons (Fsp3) is 0.792. The largest absolute Gasteiger partial charge is 0.463 e. The molecule has 0 saturated heterocycles. The van der Waals surface area contributed by atoms with Crippen LogP contribution in [-0.4, -0.2) is 29.6 Å². The van der Waals surface area contributed by atoms with Gasteiger partial charge in [0.1, 0.15) is 0 Å². The van der Waals surface area contributed by atoms with Gasteiger partial charge in [-0.2, -0.15) is 8.78 Å². The Kier molecular flexibility index (Phi) is 12.0. The first-order valence-electron chi connectivity index (χ1n) is 11.5. The first kappa shape index (κ1) is 26.4. The summed E-state index contributed by atoms with van der Waals surface area (Å²) in [4.78, 5) is 35.6. The Morgan fingerprint density at radius 3 is 2.33 bits per heavy atom. The summed E-state index contributed by atoms with van der Waals surface area (Å²) in [5.41, 5.74) is 1.63. The van der Waals surface area contributed by atoms with Crippen LogP contribution in [0, 0.1) is 0 Å². The van der Waals surface area contributed by atoms with Crippen molar-refractivity contribution in [2.75, 3.05) is 0 Å². The van der Waals surface area contributed by atoms with Crippen LogP contribution < -0.4 is 0 Å². The Hall–Kier alpha value is -1.59. The van der Waals surface area contributed by atoms with E-state index in [1.807, 2.05) is 20.8 Å². The Morgan fingerprint density at radius 1 is 0.967 bits per heavy atom. The molecule has 1 aliphatic rings. The molecule has 1 aliphatic carbocycles. The number of esters is 1. The van der Waals surface area contributed by atoms with Crippen molar-refractivity contribution < 1.29 is 27.9 Å². The van der Waals surface area contributed by atoms with Gasteiger partial charge in [-0.25, -0.2) is 0 Å². The molecule has 6 heteroatoms. The second-order valence-corrected chi connectivity index (χ2v) is 8.54. The van der Waals surface area contributed by atoms with Gasteiger partial charge >= 0.3 is 11.9 Å². The normalized spacial score (nSPS) is 14.7. The van der Waals surface area contributed by atoms with E-state index in [9.17, 15) is 23.2 Å². The van der Waals surface area contributed by atoms with Crippen LogP contribution in [0.2, 0.25) is 0 Å². The van der Waals surface area contributed by atoms with Gasteiger partial charge in [0.25, 0.3) is 0 Å². The van der Waals surface area contributed by atoms with E-state index in [0.717, 1.165) is 43.3 Å². The van der Waals surface area contributed by atoms with E-state index in [2.05, 4.69) is 0 Å². The Balaban J connectivity index is 2.38. The lowest BCUT2D eigenvalue weighted by Crippen LogP contribution is -2.28. The molecule has 0 aromatic heterocycles. The molecule has 0 saturated carbocycles. The molecular formula is C24H38F2O4. The van der Waals surface area contributed by atoms with Gasteiger partial charge in [-0.3, -0.25) is 14.4 Å².